The van der Waals surface area contributed by atoms with Crippen molar-refractivity contribution < 1.29 is 9.53 Å². The largest absolute Gasteiger partial charge is 0.378 e. The molecule has 1 rings (SSSR count). The number of nitrogens with zero attached hydrogens (tertiary/aromatic N) is 2. The lowest BCUT2D eigenvalue weighted by atomic mass is 10.4. The van der Waals surface area contributed by atoms with Crippen LogP contribution in [0.5, 0.6) is 0 Å². The molecule has 1 fully saturated rings. The molecule has 0 N–H and O–H groups in total. The molecule has 1 aliphatic rings. The lowest BCUT2D eigenvalue weighted by molar-refractivity contribution is 0.0442. The topological polar surface area (TPSA) is 32.8 Å². The minimum absolute atomic E-state index is 0.0135. The first-order valence-corrected chi connectivity index (χ1v) is 6.10. The number of alkyl halides is 2. The maximum Gasteiger partial charge on any atom is 0.320 e. The van der Waals surface area contributed by atoms with Gasteiger partial charge in [0.25, 0.3) is 0 Å². The van der Waals surface area contributed by atoms with E-state index in [-0.39, 0.29) is 6.03 Å². The van der Waals surface area contributed by atoms with Gasteiger partial charge in [-0.15, -0.1) is 23.2 Å². The van der Waals surface area contributed by atoms with Crippen LogP contribution in [0.1, 0.15) is 0 Å². The van der Waals surface area contributed by atoms with E-state index in [1.807, 2.05) is 0 Å². The monoisotopic (exact) mass is 254 g/mol. The molecule has 6 heteroatoms. The SMILES string of the molecule is O=C(N(CCCl)CCCl)N1CCOCC1. The Morgan fingerprint density at radius 1 is 1.20 bits per heavy atom. The summed E-state index contributed by atoms with van der Waals surface area (Å²) in [6, 6.07) is 0.0135. The average Bonchev–Trinajstić information content (AvgIpc) is 2.29. The highest BCUT2D eigenvalue weighted by atomic mass is 35.5. The van der Waals surface area contributed by atoms with Crippen LogP contribution in [0.3, 0.4) is 0 Å². The highest BCUT2D eigenvalue weighted by Crippen LogP contribution is 2.04. The van der Waals surface area contributed by atoms with E-state index in [1.165, 1.54) is 0 Å². The lowest BCUT2D eigenvalue weighted by Crippen LogP contribution is -2.49. The second-order valence-electron chi connectivity index (χ2n) is 3.25. The number of urea groups is 1. The molecule has 1 aliphatic heterocycles. The quantitative estimate of drug-likeness (QED) is 0.707. The number of amides is 2. The molecular weight excluding hydrogens is 239 g/mol. The standard InChI is InChI=1S/C9H16Cl2N2O2/c10-1-3-12(4-2-11)9(14)13-5-7-15-8-6-13/h1-8H2. The molecule has 0 aromatic heterocycles. The van der Waals surface area contributed by atoms with Crippen LogP contribution in [0, 0.1) is 0 Å². The van der Waals surface area contributed by atoms with E-state index >= 15 is 0 Å². The summed E-state index contributed by atoms with van der Waals surface area (Å²) in [6.45, 7) is 3.62. The van der Waals surface area contributed by atoms with E-state index in [1.54, 1.807) is 9.80 Å². The summed E-state index contributed by atoms with van der Waals surface area (Å²) < 4.78 is 5.19. The normalized spacial score (nSPS) is 16.5. The Balaban J connectivity index is 2.45. The second kappa shape index (κ2) is 7.14. The summed E-state index contributed by atoms with van der Waals surface area (Å²) in [5.41, 5.74) is 0. The van der Waals surface area contributed by atoms with Gasteiger partial charge in [0.05, 0.1) is 13.2 Å². The van der Waals surface area contributed by atoms with E-state index in [0.717, 1.165) is 0 Å². The molecule has 1 saturated heterocycles. The highest BCUT2D eigenvalue weighted by molar-refractivity contribution is 6.18. The molecule has 2 amide bonds. The maximum absolute atomic E-state index is 12.0. The zero-order valence-corrected chi connectivity index (χ0v) is 10.1. The first-order chi connectivity index (χ1) is 7.29. The van der Waals surface area contributed by atoms with Crippen LogP contribution in [0.25, 0.3) is 0 Å². The fourth-order valence-electron chi connectivity index (χ4n) is 1.46. The highest BCUT2D eigenvalue weighted by Gasteiger charge is 2.21. The molecule has 0 unspecified atom stereocenters. The van der Waals surface area contributed by atoms with Crippen LogP contribution in [0.15, 0.2) is 0 Å². The van der Waals surface area contributed by atoms with Crippen molar-refractivity contribution in [1.82, 2.24) is 9.80 Å². The van der Waals surface area contributed by atoms with Gasteiger partial charge in [0.15, 0.2) is 0 Å². The molecule has 0 aromatic carbocycles. The van der Waals surface area contributed by atoms with Gasteiger partial charge in [-0.05, 0) is 0 Å². The molecule has 0 aliphatic carbocycles. The summed E-state index contributed by atoms with van der Waals surface area (Å²) in [6.07, 6.45) is 0. The molecule has 4 nitrogen and oxygen atoms in total. The maximum atomic E-state index is 12.0. The Labute approximate surface area is 100 Å². The number of carbonyl (C=O) groups is 1. The Kier molecular flexibility index (Phi) is 6.13. The van der Waals surface area contributed by atoms with E-state index in [4.69, 9.17) is 27.9 Å². The molecule has 0 atom stereocenters. The number of carbonyl (C=O) groups excluding carboxylic acids is 1. The van der Waals surface area contributed by atoms with Gasteiger partial charge in [-0.25, -0.2) is 4.79 Å². The zero-order valence-electron chi connectivity index (χ0n) is 8.62. The first-order valence-electron chi connectivity index (χ1n) is 5.03. The molecule has 0 radical (unpaired) electrons. The molecule has 15 heavy (non-hydrogen) atoms. The van der Waals surface area contributed by atoms with Gasteiger partial charge in [-0.1, -0.05) is 0 Å². The minimum Gasteiger partial charge on any atom is -0.378 e. The van der Waals surface area contributed by atoms with E-state index in [2.05, 4.69) is 0 Å². The molecule has 0 spiro atoms. The van der Waals surface area contributed by atoms with Gasteiger partial charge in [0, 0.05) is 37.9 Å². The average molecular weight is 255 g/mol. The van der Waals surface area contributed by atoms with Crippen molar-refractivity contribution in [3.05, 3.63) is 0 Å². The molecule has 1 heterocycles. The summed E-state index contributed by atoms with van der Waals surface area (Å²) >= 11 is 11.3. The molecule has 0 aromatic rings. The third kappa shape index (κ3) is 4.05. The van der Waals surface area contributed by atoms with Crippen LogP contribution >= 0.6 is 23.2 Å². The Bertz CT molecular complexity index is 193. The number of halogens is 2. The lowest BCUT2D eigenvalue weighted by Gasteiger charge is -2.32. The Morgan fingerprint density at radius 2 is 1.73 bits per heavy atom. The van der Waals surface area contributed by atoms with Gasteiger partial charge in [0.1, 0.15) is 0 Å². The Hall–Kier alpha value is -0.190. The minimum atomic E-state index is 0.0135. The van der Waals surface area contributed by atoms with Crippen LogP contribution in [0.2, 0.25) is 0 Å². The van der Waals surface area contributed by atoms with Crippen molar-refractivity contribution in [1.29, 1.82) is 0 Å². The summed E-state index contributed by atoms with van der Waals surface area (Å²) in [4.78, 5) is 15.4. The third-order valence-electron chi connectivity index (χ3n) is 2.26. The van der Waals surface area contributed by atoms with Crippen molar-refractivity contribution in [2.75, 3.05) is 51.2 Å². The first kappa shape index (κ1) is 12.9. The fourth-order valence-corrected chi connectivity index (χ4v) is 1.87. The molecule has 0 bridgehead atoms. The van der Waals surface area contributed by atoms with Crippen LogP contribution in [0.4, 0.5) is 4.79 Å². The number of hydrogen-bond donors (Lipinski definition) is 0. The van der Waals surface area contributed by atoms with Gasteiger partial charge >= 0.3 is 6.03 Å². The fraction of sp³-hybridized carbons (Fsp3) is 0.889. The van der Waals surface area contributed by atoms with Crippen LogP contribution in [-0.4, -0.2) is 67.0 Å². The molecular formula is C9H16Cl2N2O2. The predicted molar refractivity (Wildman–Crippen MR) is 60.8 cm³/mol. The molecule has 0 saturated carbocycles. The third-order valence-corrected chi connectivity index (χ3v) is 2.60. The van der Waals surface area contributed by atoms with Crippen molar-refractivity contribution >= 4 is 29.2 Å². The van der Waals surface area contributed by atoms with E-state index < -0.39 is 0 Å². The van der Waals surface area contributed by atoms with E-state index in [0.29, 0.717) is 51.2 Å². The molecule has 88 valence electrons. The Morgan fingerprint density at radius 3 is 2.20 bits per heavy atom. The number of hydrogen-bond acceptors (Lipinski definition) is 2. The van der Waals surface area contributed by atoms with Gasteiger partial charge in [-0.3, -0.25) is 0 Å². The van der Waals surface area contributed by atoms with Crippen molar-refractivity contribution in [3.8, 4) is 0 Å². The van der Waals surface area contributed by atoms with Gasteiger partial charge < -0.3 is 14.5 Å². The summed E-state index contributed by atoms with van der Waals surface area (Å²) in [5, 5.41) is 0. The van der Waals surface area contributed by atoms with Crippen LogP contribution in [-0.2, 0) is 4.74 Å². The predicted octanol–water partition coefficient (Wildman–Crippen LogP) is 1.22. The summed E-state index contributed by atoms with van der Waals surface area (Å²) in [7, 11) is 0. The summed E-state index contributed by atoms with van der Waals surface area (Å²) in [5.74, 6) is 0.875. The smallest absolute Gasteiger partial charge is 0.320 e. The van der Waals surface area contributed by atoms with Crippen molar-refractivity contribution in [2.45, 2.75) is 0 Å². The van der Waals surface area contributed by atoms with E-state index in [9.17, 15) is 4.79 Å². The second-order valence-corrected chi connectivity index (χ2v) is 4.00. The zero-order chi connectivity index (χ0) is 11.1. The number of ether oxygens (including phenoxy) is 1. The van der Waals surface area contributed by atoms with Gasteiger partial charge in [-0.2, -0.15) is 0 Å². The number of rotatable bonds is 4. The van der Waals surface area contributed by atoms with Gasteiger partial charge in [0.2, 0.25) is 0 Å². The van der Waals surface area contributed by atoms with Crippen LogP contribution < -0.4 is 0 Å². The number of morpholine rings is 1. The van der Waals surface area contributed by atoms with Crippen molar-refractivity contribution in [2.24, 2.45) is 0 Å². The van der Waals surface area contributed by atoms with Crippen molar-refractivity contribution in [3.63, 3.8) is 0 Å².